The minimum atomic E-state index is -3.76. The van der Waals surface area contributed by atoms with Crippen LogP contribution in [0.4, 0.5) is 0 Å². The van der Waals surface area contributed by atoms with Gasteiger partial charge >= 0.3 is 0 Å². The second kappa shape index (κ2) is 4.51. The molecule has 0 amide bonds. The van der Waals surface area contributed by atoms with Crippen molar-refractivity contribution in [2.45, 2.75) is 24.8 Å². The largest absolute Gasteiger partial charge is 0.490 e. The molecule has 0 aromatic heterocycles. The lowest BCUT2D eigenvalue weighted by atomic mass is 10.3. The second-order valence-corrected chi connectivity index (χ2v) is 5.75. The molecule has 0 spiro atoms. The first-order valence-electron chi connectivity index (χ1n) is 4.29. The highest BCUT2D eigenvalue weighted by atomic mass is 79.9. The molecule has 2 N–H and O–H groups in total. The third kappa shape index (κ3) is 3.48. The van der Waals surface area contributed by atoms with E-state index >= 15 is 0 Å². The van der Waals surface area contributed by atoms with Gasteiger partial charge < -0.3 is 4.74 Å². The van der Waals surface area contributed by atoms with Gasteiger partial charge in [-0.25, -0.2) is 13.6 Å². The first-order chi connectivity index (χ1) is 6.80. The predicted octanol–water partition coefficient (Wildman–Crippen LogP) is 1.88. The minimum absolute atomic E-state index is 0.00873. The highest BCUT2D eigenvalue weighted by Gasteiger charge is 2.16. The normalized spacial score (nSPS) is 11.8. The first kappa shape index (κ1) is 12.5. The molecule has 1 aromatic carbocycles. The van der Waals surface area contributed by atoms with Gasteiger partial charge in [0.25, 0.3) is 0 Å². The lowest BCUT2D eigenvalue weighted by Crippen LogP contribution is -2.16. The zero-order valence-corrected chi connectivity index (χ0v) is 10.8. The zero-order chi connectivity index (χ0) is 11.6. The van der Waals surface area contributed by atoms with Crippen LogP contribution in [0.1, 0.15) is 13.8 Å². The highest BCUT2D eigenvalue weighted by Crippen LogP contribution is 2.27. The van der Waals surface area contributed by atoms with Gasteiger partial charge in [-0.15, -0.1) is 0 Å². The van der Waals surface area contributed by atoms with Crippen LogP contribution in [0.25, 0.3) is 0 Å². The Hall–Kier alpha value is -0.590. The molecule has 1 aromatic rings. The van der Waals surface area contributed by atoms with Gasteiger partial charge in [0.15, 0.2) is 0 Å². The summed E-state index contributed by atoms with van der Waals surface area (Å²) in [6, 6.07) is 4.70. The molecule has 0 heterocycles. The highest BCUT2D eigenvalue weighted by molar-refractivity contribution is 9.10. The van der Waals surface area contributed by atoms with Crippen molar-refractivity contribution in [1.29, 1.82) is 0 Å². The van der Waals surface area contributed by atoms with E-state index in [0.717, 1.165) is 0 Å². The molecule has 4 nitrogen and oxygen atoms in total. The van der Waals surface area contributed by atoms with E-state index in [0.29, 0.717) is 4.47 Å². The number of sulfonamides is 1. The Labute approximate surface area is 97.6 Å². The molecule has 0 aliphatic carbocycles. The average Bonchev–Trinajstić information content (AvgIpc) is 2.05. The van der Waals surface area contributed by atoms with Crippen molar-refractivity contribution in [3.05, 3.63) is 22.7 Å². The van der Waals surface area contributed by atoms with Crippen LogP contribution >= 0.6 is 15.9 Å². The Balaban J connectivity index is 3.27. The molecule has 84 valence electrons. The van der Waals surface area contributed by atoms with Crippen molar-refractivity contribution in [3.8, 4) is 5.75 Å². The molecule has 0 aliphatic heterocycles. The van der Waals surface area contributed by atoms with Gasteiger partial charge in [-0.1, -0.05) is 15.9 Å². The Morgan fingerprint density at radius 2 is 2.00 bits per heavy atom. The lowest BCUT2D eigenvalue weighted by molar-refractivity contribution is 0.236. The van der Waals surface area contributed by atoms with Gasteiger partial charge in [0.05, 0.1) is 6.10 Å². The number of hydrogen-bond acceptors (Lipinski definition) is 3. The number of nitrogens with two attached hydrogens (primary N) is 1. The molecule has 0 fully saturated rings. The van der Waals surface area contributed by atoms with Crippen molar-refractivity contribution >= 4 is 26.0 Å². The fourth-order valence-electron chi connectivity index (χ4n) is 1.06. The third-order valence-electron chi connectivity index (χ3n) is 1.57. The molecule has 0 bridgehead atoms. The molecule has 6 heteroatoms. The van der Waals surface area contributed by atoms with Gasteiger partial charge in [-0.05, 0) is 32.0 Å². The summed E-state index contributed by atoms with van der Waals surface area (Å²) in [6.07, 6.45) is -0.105. The van der Waals surface area contributed by atoms with E-state index < -0.39 is 10.0 Å². The molecular formula is C9H12BrNO3S. The number of benzene rings is 1. The van der Waals surface area contributed by atoms with Crippen molar-refractivity contribution in [2.75, 3.05) is 0 Å². The van der Waals surface area contributed by atoms with Crippen LogP contribution in [0.5, 0.6) is 5.75 Å². The van der Waals surface area contributed by atoms with Gasteiger partial charge in [-0.3, -0.25) is 0 Å². The van der Waals surface area contributed by atoms with Crippen molar-refractivity contribution in [1.82, 2.24) is 0 Å². The van der Waals surface area contributed by atoms with E-state index in [1.807, 2.05) is 13.8 Å². The number of rotatable bonds is 3. The van der Waals surface area contributed by atoms with E-state index in [9.17, 15) is 8.42 Å². The summed E-state index contributed by atoms with van der Waals surface area (Å²) in [5.41, 5.74) is 0. The molecule has 0 atom stereocenters. The summed E-state index contributed by atoms with van der Waals surface area (Å²) in [4.78, 5) is -0.00873. The number of hydrogen-bond donors (Lipinski definition) is 1. The minimum Gasteiger partial charge on any atom is -0.490 e. The maximum Gasteiger partial charge on any atom is 0.241 e. The molecule has 0 unspecified atom stereocenters. The van der Waals surface area contributed by atoms with Gasteiger partial charge in [0.2, 0.25) is 10.0 Å². The number of halogens is 1. The summed E-state index contributed by atoms with van der Waals surface area (Å²) < 4.78 is 28.5. The van der Waals surface area contributed by atoms with Crippen LogP contribution in [0.15, 0.2) is 27.6 Å². The van der Waals surface area contributed by atoms with E-state index in [1.165, 1.54) is 6.07 Å². The van der Waals surface area contributed by atoms with Crippen molar-refractivity contribution in [3.63, 3.8) is 0 Å². The van der Waals surface area contributed by atoms with Crippen LogP contribution in [-0.4, -0.2) is 14.5 Å². The van der Waals surface area contributed by atoms with Crippen LogP contribution in [0.2, 0.25) is 0 Å². The van der Waals surface area contributed by atoms with Crippen molar-refractivity contribution < 1.29 is 13.2 Å². The standard InChI is InChI=1S/C9H12BrNO3S/c1-6(2)14-8-4-3-7(10)5-9(8)15(11,12)13/h3-6H,1-2H3,(H2,11,12,13). The zero-order valence-electron chi connectivity index (χ0n) is 8.40. The summed E-state index contributed by atoms with van der Waals surface area (Å²) >= 11 is 3.18. The fourth-order valence-corrected chi connectivity index (χ4v) is 2.26. The van der Waals surface area contributed by atoms with E-state index in [-0.39, 0.29) is 16.7 Å². The van der Waals surface area contributed by atoms with Crippen molar-refractivity contribution in [2.24, 2.45) is 5.14 Å². The maximum absolute atomic E-state index is 11.3. The molecule has 0 saturated heterocycles. The van der Waals surface area contributed by atoms with Crippen LogP contribution < -0.4 is 9.88 Å². The van der Waals surface area contributed by atoms with Gasteiger partial charge in [0.1, 0.15) is 10.6 Å². The topological polar surface area (TPSA) is 69.4 Å². The maximum atomic E-state index is 11.3. The van der Waals surface area contributed by atoms with Gasteiger partial charge in [0, 0.05) is 4.47 Å². The summed E-state index contributed by atoms with van der Waals surface area (Å²) in [6.45, 7) is 3.63. The summed E-state index contributed by atoms with van der Waals surface area (Å²) in [5, 5.41) is 5.07. The quantitative estimate of drug-likeness (QED) is 0.925. The van der Waals surface area contributed by atoms with Crippen LogP contribution in [0.3, 0.4) is 0 Å². The monoisotopic (exact) mass is 293 g/mol. The van der Waals surface area contributed by atoms with Gasteiger partial charge in [-0.2, -0.15) is 0 Å². The third-order valence-corrected chi connectivity index (χ3v) is 3.00. The molecule has 0 radical (unpaired) electrons. The Morgan fingerprint density at radius 3 is 2.47 bits per heavy atom. The second-order valence-electron chi connectivity index (χ2n) is 3.30. The summed E-state index contributed by atoms with van der Waals surface area (Å²) in [5.74, 6) is 0.274. The van der Waals surface area contributed by atoms with Crippen LogP contribution in [-0.2, 0) is 10.0 Å². The van der Waals surface area contributed by atoms with E-state index in [4.69, 9.17) is 9.88 Å². The first-order valence-corrected chi connectivity index (χ1v) is 6.63. The van der Waals surface area contributed by atoms with E-state index in [1.54, 1.807) is 12.1 Å². The molecule has 1 rings (SSSR count). The molecule has 15 heavy (non-hydrogen) atoms. The average molecular weight is 294 g/mol. The fraction of sp³-hybridized carbons (Fsp3) is 0.333. The summed E-state index contributed by atoms with van der Waals surface area (Å²) in [7, 11) is -3.76. The smallest absolute Gasteiger partial charge is 0.241 e. The Kier molecular flexibility index (Phi) is 3.75. The molecule has 0 saturated carbocycles. The molecular weight excluding hydrogens is 282 g/mol. The predicted molar refractivity (Wildman–Crippen MR) is 61.3 cm³/mol. The Morgan fingerprint density at radius 1 is 1.40 bits per heavy atom. The Bertz CT molecular complexity index is 456. The SMILES string of the molecule is CC(C)Oc1ccc(Br)cc1S(N)(=O)=O. The lowest BCUT2D eigenvalue weighted by Gasteiger charge is -2.13. The van der Waals surface area contributed by atoms with E-state index in [2.05, 4.69) is 15.9 Å². The number of ether oxygens (including phenoxy) is 1. The van der Waals surface area contributed by atoms with Crippen LogP contribution in [0, 0.1) is 0 Å². The molecule has 0 aliphatic rings. The number of primary sulfonamides is 1.